The van der Waals surface area contributed by atoms with Crippen molar-refractivity contribution in [2.45, 2.75) is 6.61 Å². The van der Waals surface area contributed by atoms with Crippen LogP contribution < -0.4 is 4.74 Å². The molecule has 0 aliphatic carbocycles. The van der Waals surface area contributed by atoms with Crippen LogP contribution >= 0.6 is 23.4 Å². The third-order valence-corrected chi connectivity index (χ3v) is 4.86. The van der Waals surface area contributed by atoms with Crippen LogP contribution in [0, 0.1) is 0 Å². The predicted molar refractivity (Wildman–Crippen MR) is 105 cm³/mol. The molecule has 2 amide bonds. The largest absolute Gasteiger partial charge is 0.488 e. The molecule has 0 spiro atoms. The van der Waals surface area contributed by atoms with Crippen molar-refractivity contribution in [1.82, 2.24) is 4.90 Å². The van der Waals surface area contributed by atoms with Gasteiger partial charge in [0.05, 0.1) is 4.91 Å². The van der Waals surface area contributed by atoms with E-state index in [9.17, 15) is 9.59 Å². The van der Waals surface area contributed by atoms with E-state index in [-0.39, 0.29) is 17.7 Å². The highest BCUT2D eigenvalue weighted by atomic mass is 35.5. The van der Waals surface area contributed by atoms with Crippen molar-refractivity contribution in [3.63, 3.8) is 0 Å². The van der Waals surface area contributed by atoms with Crippen LogP contribution in [-0.4, -0.2) is 22.6 Å². The summed E-state index contributed by atoms with van der Waals surface area (Å²) in [5.41, 5.74) is 1.72. The summed E-state index contributed by atoms with van der Waals surface area (Å²) in [6.07, 6.45) is 3.22. The molecule has 0 N–H and O–H groups in total. The quantitative estimate of drug-likeness (QED) is 0.510. The maximum Gasteiger partial charge on any atom is 0.293 e. The smallest absolute Gasteiger partial charge is 0.293 e. The molecule has 2 aromatic rings. The fraction of sp³-hybridized carbons (Fsp3) is 0.100. The van der Waals surface area contributed by atoms with E-state index in [0.717, 1.165) is 22.9 Å². The van der Waals surface area contributed by atoms with Crippen molar-refractivity contribution >= 4 is 40.6 Å². The second kappa shape index (κ2) is 8.25. The normalized spacial score (nSPS) is 15.6. The summed E-state index contributed by atoms with van der Waals surface area (Å²) in [4.78, 5) is 25.8. The lowest BCUT2D eigenvalue weighted by atomic mass is 10.1. The van der Waals surface area contributed by atoms with E-state index in [2.05, 4.69) is 6.58 Å². The lowest BCUT2D eigenvalue weighted by molar-refractivity contribution is -0.122. The Morgan fingerprint density at radius 3 is 2.58 bits per heavy atom. The monoisotopic (exact) mass is 385 g/mol. The minimum absolute atomic E-state index is 0.205. The molecular weight excluding hydrogens is 370 g/mol. The van der Waals surface area contributed by atoms with E-state index in [1.54, 1.807) is 6.08 Å². The Bertz CT molecular complexity index is 877. The van der Waals surface area contributed by atoms with Crippen molar-refractivity contribution < 1.29 is 14.3 Å². The number of ether oxygens (including phenoxy) is 1. The lowest BCUT2D eigenvalue weighted by Crippen LogP contribution is -2.27. The SMILES string of the molecule is C=CCN1C(=O)S/C(=C/c2ccccc2OCc2ccc(Cl)cc2)C1=O. The molecule has 0 aromatic heterocycles. The van der Waals surface area contributed by atoms with Gasteiger partial charge in [-0.25, -0.2) is 0 Å². The van der Waals surface area contributed by atoms with Crippen LogP contribution in [0.5, 0.6) is 5.75 Å². The van der Waals surface area contributed by atoms with Gasteiger partial charge in [-0.15, -0.1) is 6.58 Å². The molecule has 0 atom stereocenters. The number of imide groups is 1. The van der Waals surface area contributed by atoms with Gasteiger partial charge in [0.2, 0.25) is 0 Å². The summed E-state index contributed by atoms with van der Waals surface area (Å²) in [6.45, 7) is 4.15. The van der Waals surface area contributed by atoms with Gasteiger partial charge in [0.15, 0.2) is 0 Å². The number of para-hydroxylation sites is 1. The Morgan fingerprint density at radius 2 is 1.85 bits per heavy atom. The number of nitrogens with zero attached hydrogens (tertiary/aromatic N) is 1. The fourth-order valence-corrected chi connectivity index (χ4v) is 3.37. The lowest BCUT2D eigenvalue weighted by Gasteiger charge is -2.10. The van der Waals surface area contributed by atoms with Gasteiger partial charge in [-0.3, -0.25) is 14.5 Å². The average Bonchev–Trinajstić information content (AvgIpc) is 2.90. The van der Waals surface area contributed by atoms with E-state index in [1.807, 2.05) is 48.5 Å². The second-order valence-corrected chi connectivity index (χ2v) is 6.96. The molecule has 0 radical (unpaired) electrons. The molecule has 1 heterocycles. The molecule has 6 heteroatoms. The molecule has 2 aromatic carbocycles. The van der Waals surface area contributed by atoms with Gasteiger partial charge < -0.3 is 4.74 Å². The second-order valence-electron chi connectivity index (χ2n) is 5.53. The molecule has 0 saturated carbocycles. The summed E-state index contributed by atoms with van der Waals surface area (Å²) in [7, 11) is 0. The summed E-state index contributed by atoms with van der Waals surface area (Å²) < 4.78 is 5.89. The van der Waals surface area contributed by atoms with Crippen molar-refractivity contribution in [3.8, 4) is 5.75 Å². The molecule has 26 heavy (non-hydrogen) atoms. The third-order valence-electron chi connectivity index (χ3n) is 3.70. The molecule has 3 rings (SSSR count). The summed E-state index contributed by atoms with van der Waals surface area (Å²) >= 11 is 6.81. The maximum absolute atomic E-state index is 12.3. The minimum Gasteiger partial charge on any atom is -0.488 e. The van der Waals surface area contributed by atoms with Gasteiger partial charge in [-0.1, -0.05) is 48.0 Å². The van der Waals surface area contributed by atoms with Crippen LogP contribution in [-0.2, 0) is 11.4 Å². The van der Waals surface area contributed by atoms with Crippen molar-refractivity contribution in [2.75, 3.05) is 6.54 Å². The number of amides is 2. The van der Waals surface area contributed by atoms with Crippen LogP contribution in [0.15, 0.2) is 66.1 Å². The van der Waals surface area contributed by atoms with E-state index in [1.165, 1.54) is 11.0 Å². The third kappa shape index (κ3) is 4.18. The van der Waals surface area contributed by atoms with E-state index < -0.39 is 0 Å². The number of hydrogen-bond acceptors (Lipinski definition) is 4. The van der Waals surface area contributed by atoms with Crippen LogP contribution in [0.1, 0.15) is 11.1 Å². The van der Waals surface area contributed by atoms with Crippen molar-refractivity contribution in [3.05, 3.63) is 82.2 Å². The van der Waals surface area contributed by atoms with Gasteiger partial charge in [-0.2, -0.15) is 0 Å². The molecule has 1 saturated heterocycles. The highest BCUT2D eigenvalue weighted by molar-refractivity contribution is 8.18. The predicted octanol–water partition coefficient (Wildman–Crippen LogP) is 5.14. The van der Waals surface area contributed by atoms with Gasteiger partial charge in [0, 0.05) is 17.1 Å². The van der Waals surface area contributed by atoms with E-state index >= 15 is 0 Å². The fourth-order valence-electron chi connectivity index (χ4n) is 2.40. The summed E-state index contributed by atoms with van der Waals surface area (Å²) in [5, 5.41) is 0.380. The molecule has 132 valence electrons. The Balaban J connectivity index is 1.79. The first kappa shape index (κ1) is 18.3. The van der Waals surface area contributed by atoms with Crippen LogP contribution in [0.2, 0.25) is 5.02 Å². The Hall–Kier alpha value is -2.50. The van der Waals surface area contributed by atoms with Crippen LogP contribution in [0.3, 0.4) is 0 Å². The standard InChI is InChI=1S/C20H16ClNO3S/c1-2-11-22-19(23)18(26-20(22)24)12-15-5-3-4-6-17(15)25-13-14-7-9-16(21)10-8-14/h2-10,12H,1,11,13H2/b18-12+. The van der Waals surface area contributed by atoms with E-state index in [4.69, 9.17) is 16.3 Å². The topological polar surface area (TPSA) is 46.6 Å². The highest BCUT2D eigenvalue weighted by Gasteiger charge is 2.34. The maximum atomic E-state index is 12.3. The Kier molecular flexibility index (Phi) is 5.81. The molecule has 0 bridgehead atoms. The first-order chi connectivity index (χ1) is 12.6. The first-order valence-electron chi connectivity index (χ1n) is 7.91. The molecule has 4 nitrogen and oxygen atoms in total. The zero-order valence-electron chi connectivity index (χ0n) is 13.9. The molecular formula is C20H16ClNO3S. The molecule has 1 aliphatic heterocycles. The number of benzene rings is 2. The average molecular weight is 386 g/mol. The zero-order chi connectivity index (χ0) is 18.5. The van der Waals surface area contributed by atoms with E-state index in [0.29, 0.717) is 22.3 Å². The van der Waals surface area contributed by atoms with Crippen molar-refractivity contribution in [2.24, 2.45) is 0 Å². The van der Waals surface area contributed by atoms with Gasteiger partial charge in [0.1, 0.15) is 12.4 Å². The van der Waals surface area contributed by atoms with Crippen LogP contribution in [0.25, 0.3) is 6.08 Å². The molecule has 0 unspecified atom stereocenters. The van der Waals surface area contributed by atoms with Gasteiger partial charge in [-0.05, 0) is 41.6 Å². The minimum atomic E-state index is -0.313. The van der Waals surface area contributed by atoms with Gasteiger partial charge in [0.25, 0.3) is 11.1 Å². The summed E-state index contributed by atoms with van der Waals surface area (Å²) in [6, 6.07) is 14.8. The van der Waals surface area contributed by atoms with Crippen molar-refractivity contribution in [1.29, 1.82) is 0 Å². The molecule has 1 aliphatic rings. The summed E-state index contributed by atoms with van der Waals surface area (Å²) in [5.74, 6) is 0.324. The zero-order valence-corrected chi connectivity index (χ0v) is 15.4. The van der Waals surface area contributed by atoms with Crippen LogP contribution in [0.4, 0.5) is 4.79 Å². The number of carbonyl (C=O) groups is 2. The highest BCUT2D eigenvalue weighted by Crippen LogP contribution is 2.34. The number of halogens is 1. The Labute approximate surface area is 161 Å². The number of carbonyl (C=O) groups excluding carboxylic acids is 2. The first-order valence-corrected chi connectivity index (χ1v) is 9.10. The number of hydrogen-bond donors (Lipinski definition) is 0. The molecule has 1 fully saturated rings. The number of rotatable bonds is 6. The number of thioether (sulfide) groups is 1. The van der Waals surface area contributed by atoms with Gasteiger partial charge >= 0.3 is 0 Å². The Morgan fingerprint density at radius 1 is 1.12 bits per heavy atom.